The van der Waals surface area contributed by atoms with Gasteiger partial charge < -0.3 is 14.6 Å². The fourth-order valence-corrected chi connectivity index (χ4v) is 2.93. The molecule has 0 amide bonds. The van der Waals surface area contributed by atoms with E-state index in [2.05, 4.69) is 39.7 Å². The smallest absolute Gasteiger partial charge is 0.244 e. The number of aromatic nitrogens is 2. The highest BCUT2D eigenvalue weighted by Gasteiger charge is 2.27. The maximum atomic E-state index is 5.59. The highest BCUT2D eigenvalue weighted by molar-refractivity contribution is 5.30. The number of hydrogen-bond acceptors (Lipinski definition) is 5. The van der Waals surface area contributed by atoms with Crippen LogP contribution in [-0.2, 0) is 17.7 Å². The van der Waals surface area contributed by atoms with Gasteiger partial charge in [-0.3, -0.25) is 0 Å². The number of nitrogens with zero attached hydrogens (tertiary/aromatic N) is 2. The topological polar surface area (TPSA) is 60.2 Å². The molecule has 104 valence electrons. The second-order valence-electron chi connectivity index (χ2n) is 5.40. The van der Waals surface area contributed by atoms with Gasteiger partial charge in [-0.25, -0.2) is 0 Å². The Kier molecular flexibility index (Phi) is 3.01. The zero-order valence-corrected chi connectivity index (χ0v) is 11.2. The summed E-state index contributed by atoms with van der Waals surface area (Å²) in [5, 5.41) is 7.54. The lowest BCUT2D eigenvalue weighted by molar-refractivity contribution is 0.103. The molecule has 20 heavy (non-hydrogen) atoms. The van der Waals surface area contributed by atoms with Gasteiger partial charge in [0, 0.05) is 13.2 Å². The highest BCUT2D eigenvalue weighted by atomic mass is 16.5. The normalized spacial score (nSPS) is 25.6. The van der Waals surface area contributed by atoms with Crippen LogP contribution in [0.3, 0.4) is 0 Å². The van der Waals surface area contributed by atoms with E-state index in [1.54, 1.807) is 0 Å². The van der Waals surface area contributed by atoms with Gasteiger partial charge in [-0.1, -0.05) is 29.4 Å². The molecule has 0 aliphatic carbocycles. The monoisotopic (exact) mass is 271 g/mol. The summed E-state index contributed by atoms with van der Waals surface area (Å²) in [6.07, 6.45) is 2.97. The van der Waals surface area contributed by atoms with Crippen molar-refractivity contribution in [3.63, 3.8) is 0 Å². The molecule has 0 saturated carbocycles. The Hall–Kier alpha value is -1.72. The predicted molar refractivity (Wildman–Crippen MR) is 72.0 cm³/mol. The van der Waals surface area contributed by atoms with E-state index in [1.807, 2.05) is 0 Å². The molecule has 0 spiro atoms. The van der Waals surface area contributed by atoms with E-state index in [9.17, 15) is 0 Å². The minimum atomic E-state index is 0.0170. The Morgan fingerprint density at radius 1 is 1.20 bits per heavy atom. The maximum Gasteiger partial charge on any atom is 0.244 e. The van der Waals surface area contributed by atoms with E-state index >= 15 is 0 Å². The van der Waals surface area contributed by atoms with Crippen molar-refractivity contribution in [2.75, 3.05) is 6.61 Å². The average molecular weight is 271 g/mol. The molecule has 5 nitrogen and oxygen atoms in total. The average Bonchev–Trinajstić information content (AvgIpc) is 3.17. The lowest BCUT2D eigenvalue weighted by atomic mass is 9.96. The van der Waals surface area contributed by atoms with Crippen molar-refractivity contribution in [3.8, 4) is 0 Å². The number of ether oxygens (including phenoxy) is 1. The van der Waals surface area contributed by atoms with E-state index in [0.29, 0.717) is 11.7 Å². The molecule has 1 aromatic heterocycles. The summed E-state index contributed by atoms with van der Waals surface area (Å²) in [6, 6.07) is 8.58. The van der Waals surface area contributed by atoms with E-state index < -0.39 is 0 Å². The van der Waals surface area contributed by atoms with Crippen LogP contribution in [0, 0.1) is 0 Å². The van der Waals surface area contributed by atoms with Crippen LogP contribution in [0.5, 0.6) is 0 Å². The molecule has 2 aromatic rings. The lowest BCUT2D eigenvalue weighted by Gasteiger charge is -2.23. The minimum Gasteiger partial charge on any atom is -0.370 e. The Morgan fingerprint density at radius 3 is 2.95 bits per heavy atom. The highest BCUT2D eigenvalue weighted by Crippen LogP contribution is 2.29. The second kappa shape index (κ2) is 5.00. The minimum absolute atomic E-state index is 0.0170. The first-order valence-corrected chi connectivity index (χ1v) is 7.15. The van der Waals surface area contributed by atoms with Crippen molar-refractivity contribution < 1.29 is 9.26 Å². The molecular formula is C15H17N3O2. The van der Waals surface area contributed by atoms with Gasteiger partial charge in [0.2, 0.25) is 11.7 Å². The van der Waals surface area contributed by atoms with Gasteiger partial charge in [0.25, 0.3) is 0 Å². The predicted octanol–water partition coefficient (Wildman–Crippen LogP) is 2.31. The van der Waals surface area contributed by atoms with Crippen molar-refractivity contribution in [2.24, 2.45) is 0 Å². The van der Waals surface area contributed by atoms with Crippen LogP contribution in [0.15, 0.2) is 28.8 Å². The second-order valence-corrected chi connectivity index (χ2v) is 5.40. The van der Waals surface area contributed by atoms with Gasteiger partial charge in [0.05, 0.1) is 6.04 Å². The van der Waals surface area contributed by atoms with E-state index in [-0.39, 0.29) is 12.1 Å². The zero-order chi connectivity index (χ0) is 13.4. The molecular weight excluding hydrogens is 254 g/mol. The number of fused-ring (bicyclic) bond motifs is 1. The Morgan fingerprint density at radius 2 is 2.10 bits per heavy atom. The van der Waals surface area contributed by atoms with Crippen molar-refractivity contribution in [3.05, 3.63) is 47.1 Å². The fraction of sp³-hybridized carbons (Fsp3) is 0.467. The lowest BCUT2D eigenvalue weighted by Crippen LogP contribution is -2.28. The van der Waals surface area contributed by atoms with Gasteiger partial charge in [-0.15, -0.1) is 0 Å². The van der Waals surface area contributed by atoms with E-state index in [4.69, 9.17) is 9.26 Å². The van der Waals surface area contributed by atoms with Gasteiger partial charge in [0.15, 0.2) is 0 Å². The maximum absolute atomic E-state index is 5.59. The van der Waals surface area contributed by atoms with Crippen LogP contribution in [0.1, 0.15) is 47.8 Å². The summed E-state index contributed by atoms with van der Waals surface area (Å²) in [4.78, 5) is 4.52. The molecule has 0 radical (unpaired) electrons. The summed E-state index contributed by atoms with van der Waals surface area (Å²) < 4.78 is 11.0. The first-order chi connectivity index (χ1) is 9.90. The SMILES string of the molecule is c1ccc2c(c1)CN[C@@H](c1nc(C3CCCO3)no1)C2. The first-order valence-electron chi connectivity index (χ1n) is 7.15. The van der Waals surface area contributed by atoms with Gasteiger partial charge in [-0.2, -0.15) is 4.98 Å². The van der Waals surface area contributed by atoms with Crippen LogP contribution in [-0.4, -0.2) is 16.7 Å². The van der Waals surface area contributed by atoms with E-state index in [1.165, 1.54) is 11.1 Å². The van der Waals surface area contributed by atoms with Gasteiger partial charge in [0.1, 0.15) is 6.10 Å². The standard InChI is InChI=1S/C15H17N3O2/c1-2-5-11-9-16-12(8-10(11)4-1)15-17-14(18-20-15)13-6-3-7-19-13/h1-2,4-5,12-13,16H,3,6-9H2/t12-,13?/m1/s1. The third-order valence-corrected chi connectivity index (χ3v) is 4.05. The number of benzene rings is 1. The van der Waals surface area contributed by atoms with Crippen LogP contribution < -0.4 is 5.32 Å². The van der Waals surface area contributed by atoms with Crippen molar-refractivity contribution in [2.45, 2.75) is 38.0 Å². The van der Waals surface area contributed by atoms with E-state index in [0.717, 1.165) is 32.4 Å². The fourth-order valence-electron chi connectivity index (χ4n) is 2.93. The molecule has 1 saturated heterocycles. The van der Waals surface area contributed by atoms with Gasteiger partial charge in [-0.05, 0) is 30.4 Å². The molecule has 1 N–H and O–H groups in total. The molecule has 2 atom stereocenters. The summed E-state index contributed by atoms with van der Waals surface area (Å²) in [5.74, 6) is 1.36. The number of hydrogen-bond donors (Lipinski definition) is 1. The van der Waals surface area contributed by atoms with Crippen molar-refractivity contribution in [1.29, 1.82) is 0 Å². The van der Waals surface area contributed by atoms with Crippen molar-refractivity contribution in [1.82, 2.24) is 15.5 Å². The van der Waals surface area contributed by atoms with Crippen LogP contribution in [0.2, 0.25) is 0 Å². The molecule has 1 aromatic carbocycles. The molecule has 2 aliphatic heterocycles. The Labute approximate surface area is 117 Å². The quantitative estimate of drug-likeness (QED) is 0.908. The Bertz CT molecular complexity index is 605. The first kappa shape index (κ1) is 12.1. The molecule has 4 rings (SSSR count). The van der Waals surface area contributed by atoms with Crippen molar-refractivity contribution >= 4 is 0 Å². The third-order valence-electron chi connectivity index (χ3n) is 4.05. The summed E-state index contributed by atoms with van der Waals surface area (Å²) >= 11 is 0. The zero-order valence-electron chi connectivity index (χ0n) is 11.2. The summed E-state index contributed by atoms with van der Waals surface area (Å²) in [5.41, 5.74) is 2.70. The summed E-state index contributed by atoms with van der Waals surface area (Å²) in [7, 11) is 0. The molecule has 1 fully saturated rings. The molecule has 5 heteroatoms. The van der Waals surface area contributed by atoms with Crippen LogP contribution in [0.25, 0.3) is 0 Å². The Balaban J connectivity index is 1.54. The largest absolute Gasteiger partial charge is 0.370 e. The van der Waals surface area contributed by atoms with Crippen LogP contribution in [0.4, 0.5) is 0 Å². The number of nitrogens with one attached hydrogen (secondary N) is 1. The molecule has 0 bridgehead atoms. The molecule has 3 heterocycles. The molecule has 1 unspecified atom stereocenters. The van der Waals surface area contributed by atoms with Crippen LogP contribution >= 0.6 is 0 Å². The number of rotatable bonds is 2. The third kappa shape index (κ3) is 2.13. The molecule has 2 aliphatic rings. The van der Waals surface area contributed by atoms with Gasteiger partial charge >= 0.3 is 0 Å². The summed E-state index contributed by atoms with van der Waals surface area (Å²) in [6.45, 7) is 1.64.